The number of carbonyl (C=O) groups is 2. The highest BCUT2D eigenvalue weighted by atomic mass is 35.5. The predicted octanol–water partition coefficient (Wildman–Crippen LogP) is 2.30. The van der Waals surface area contributed by atoms with Crippen LogP contribution in [0.25, 0.3) is 0 Å². The molecule has 3 N–H and O–H groups in total. The lowest BCUT2D eigenvalue weighted by atomic mass is 9.75. The molecular formula is C21H21ClFN3O7. The molecule has 33 heavy (non-hydrogen) atoms. The molecule has 1 aromatic carbocycles. The van der Waals surface area contributed by atoms with Crippen LogP contribution in [-0.4, -0.2) is 48.5 Å². The number of aromatic nitrogens is 2. The highest BCUT2D eigenvalue weighted by Gasteiger charge is 2.59. The van der Waals surface area contributed by atoms with Crippen LogP contribution in [0.3, 0.4) is 0 Å². The van der Waals surface area contributed by atoms with E-state index in [9.17, 15) is 18.8 Å². The standard InChI is InChI=1S/C17H17ClO6.C4H4FN3O/c1-8-5-9(19)6-12(23-4)17(8)16(20)13-10(21-2)7-11(22-3)14(18)15(13)24-17;5-2-1-7-4(9)8-3(2)6/h6-8H,5H2,1-4H3;1H,(H3,6,7,8,9)/t8-,17+;/m1./s1. The number of halogens is 2. The third-order valence-electron chi connectivity index (χ3n) is 5.29. The third kappa shape index (κ3) is 3.99. The maximum Gasteiger partial charge on any atom is 0.346 e. The van der Waals surface area contributed by atoms with Gasteiger partial charge < -0.3 is 24.7 Å². The van der Waals surface area contributed by atoms with Gasteiger partial charge in [-0.15, -0.1) is 0 Å². The van der Waals surface area contributed by atoms with Gasteiger partial charge in [0.15, 0.2) is 23.1 Å². The Morgan fingerprint density at radius 1 is 1.21 bits per heavy atom. The zero-order valence-electron chi connectivity index (χ0n) is 18.2. The van der Waals surface area contributed by atoms with Crippen LogP contribution in [0, 0.1) is 11.7 Å². The molecule has 2 aromatic rings. The summed E-state index contributed by atoms with van der Waals surface area (Å²) in [5, 5.41) is 0.179. The van der Waals surface area contributed by atoms with E-state index in [1.54, 1.807) is 6.92 Å². The number of nitrogens with one attached hydrogen (secondary N) is 1. The number of H-pyrrole nitrogens is 1. The van der Waals surface area contributed by atoms with Crippen LogP contribution in [0.1, 0.15) is 23.7 Å². The fourth-order valence-corrected chi connectivity index (χ4v) is 3.96. The van der Waals surface area contributed by atoms with E-state index in [0.29, 0.717) is 11.5 Å². The van der Waals surface area contributed by atoms with Gasteiger partial charge in [0, 0.05) is 24.5 Å². The summed E-state index contributed by atoms with van der Waals surface area (Å²) < 4.78 is 34.0. The Kier molecular flexibility index (Phi) is 6.63. The molecule has 0 unspecified atom stereocenters. The summed E-state index contributed by atoms with van der Waals surface area (Å²) >= 11 is 6.33. The number of fused-ring (bicyclic) bond motifs is 1. The van der Waals surface area contributed by atoms with Gasteiger partial charge in [-0.1, -0.05) is 18.5 Å². The first-order chi connectivity index (χ1) is 15.6. The average Bonchev–Trinajstić information content (AvgIpc) is 3.09. The molecule has 0 saturated heterocycles. The average molecular weight is 482 g/mol. The number of nitrogens with two attached hydrogens (primary N) is 1. The number of ketones is 2. The van der Waals surface area contributed by atoms with Gasteiger partial charge in [0.05, 0.1) is 27.5 Å². The van der Waals surface area contributed by atoms with Gasteiger partial charge in [-0.2, -0.15) is 4.98 Å². The summed E-state index contributed by atoms with van der Waals surface area (Å²) in [4.78, 5) is 40.4. The highest BCUT2D eigenvalue weighted by Crippen LogP contribution is 2.54. The molecule has 1 spiro atoms. The molecule has 12 heteroatoms. The van der Waals surface area contributed by atoms with Crippen LogP contribution >= 0.6 is 11.6 Å². The van der Waals surface area contributed by atoms with Crippen molar-refractivity contribution in [3.63, 3.8) is 0 Å². The smallest absolute Gasteiger partial charge is 0.346 e. The number of anilines is 1. The van der Waals surface area contributed by atoms with Crippen molar-refractivity contribution >= 4 is 29.0 Å². The zero-order chi connectivity index (χ0) is 24.5. The molecule has 0 saturated carbocycles. The Morgan fingerprint density at radius 3 is 2.42 bits per heavy atom. The van der Waals surface area contributed by atoms with Crippen molar-refractivity contribution in [2.75, 3.05) is 27.1 Å². The maximum absolute atomic E-state index is 13.3. The molecule has 176 valence electrons. The van der Waals surface area contributed by atoms with Gasteiger partial charge in [0.25, 0.3) is 0 Å². The fourth-order valence-electron chi connectivity index (χ4n) is 3.69. The molecule has 1 aliphatic carbocycles. The minimum atomic E-state index is -1.42. The Balaban J connectivity index is 0.000000286. The van der Waals surface area contributed by atoms with E-state index in [0.717, 1.165) is 6.20 Å². The minimum absolute atomic E-state index is 0.118. The molecular weight excluding hydrogens is 461 g/mol. The second-order valence-corrected chi connectivity index (χ2v) is 7.58. The van der Waals surface area contributed by atoms with E-state index < -0.39 is 23.0 Å². The lowest BCUT2D eigenvalue weighted by Gasteiger charge is -2.36. The maximum atomic E-state index is 13.3. The van der Waals surface area contributed by atoms with Gasteiger partial charge in [-0.05, 0) is 0 Å². The van der Waals surface area contributed by atoms with E-state index in [1.807, 2.05) is 4.98 Å². The number of allylic oxidation sites excluding steroid dienone is 1. The summed E-state index contributed by atoms with van der Waals surface area (Å²) in [6.45, 7) is 1.77. The SMILES string of the molecule is COC1=CC(=O)C[C@@H](C)[C@]12Oc1c(Cl)c(OC)cc(OC)c1C2=O.Nc1[nH]c(=O)ncc1F. The number of hydrogen-bond acceptors (Lipinski definition) is 9. The monoisotopic (exact) mass is 481 g/mol. The van der Waals surface area contributed by atoms with Crippen molar-refractivity contribution in [2.45, 2.75) is 18.9 Å². The molecule has 1 aromatic heterocycles. The van der Waals surface area contributed by atoms with Gasteiger partial charge >= 0.3 is 5.69 Å². The van der Waals surface area contributed by atoms with Crippen LogP contribution in [0.5, 0.6) is 17.2 Å². The number of nitrogen functional groups attached to an aromatic ring is 1. The molecule has 10 nitrogen and oxygen atoms in total. The molecule has 0 radical (unpaired) electrons. The molecule has 1 aliphatic heterocycles. The summed E-state index contributed by atoms with van der Waals surface area (Å²) in [6.07, 6.45) is 2.25. The van der Waals surface area contributed by atoms with Crippen LogP contribution in [0.2, 0.25) is 5.02 Å². The number of hydrogen-bond donors (Lipinski definition) is 2. The topological polar surface area (TPSA) is 143 Å². The third-order valence-corrected chi connectivity index (χ3v) is 5.65. The first-order valence-electron chi connectivity index (χ1n) is 9.58. The number of aromatic amines is 1. The normalized spacial score (nSPS) is 20.9. The Morgan fingerprint density at radius 2 is 1.88 bits per heavy atom. The van der Waals surface area contributed by atoms with Crippen LogP contribution in [0.15, 0.2) is 28.9 Å². The quantitative estimate of drug-likeness (QED) is 0.674. The summed E-state index contributed by atoms with van der Waals surface area (Å²) in [6, 6.07) is 1.54. The van der Waals surface area contributed by atoms with Gasteiger partial charge in [0.1, 0.15) is 27.9 Å². The number of carbonyl (C=O) groups excluding carboxylic acids is 2. The molecule has 4 rings (SSSR count). The Bertz CT molecular complexity index is 1210. The van der Waals surface area contributed by atoms with Crippen molar-refractivity contribution in [1.82, 2.24) is 9.97 Å². The summed E-state index contributed by atoms with van der Waals surface area (Å²) in [5.74, 6) is -0.889. The second kappa shape index (κ2) is 9.10. The van der Waals surface area contributed by atoms with E-state index in [1.165, 1.54) is 33.5 Å². The van der Waals surface area contributed by atoms with E-state index in [2.05, 4.69) is 4.98 Å². The van der Waals surface area contributed by atoms with Crippen LogP contribution in [0.4, 0.5) is 10.2 Å². The zero-order valence-corrected chi connectivity index (χ0v) is 18.9. The van der Waals surface area contributed by atoms with Crippen LogP contribution < -0.4 is 25.6 Å². The van der Waals surface area contributed by atoms with Crippen molar-refractivity contribution in [1.29, 1.82) is 0 Å². The number of rotatable bonds is 3. The van der Waals surface area contributed by atoms with Gasteiger partial charge in [-0.25, -0.2) is 9.18 Å². The van der Waals surface area contributed by atoms with Crippen molar-refractivity contribution in [2.24, 2.45) is 5.92 Å². The minimum Gasteiger partial charge on any atom is -0.496 e. The van der Waals surface area contributed by atoms with Crippen LogP contribution in [-0.2, 0) is 9.53 Å². The summed E-state index contributed by atoms with van der Waals surface area (Å²) in [5.41, 5.74) is 3.11. The molecule has 0 bridgehead atoms. The number of benzene rings is 1. The first kappa shape index (κ1) is 24.1. The van der Waals surface area contributed by atoms with Gasteiger partial charge in [-0.3, -0.25) is 14.6 Å². The highest BCUT2D eigenvalue weighted by molar-refractivity contribution is 6.35. The van der Waals surface area contributed by atoms with E-state index in [-0.39, 0.29) is 45.9 Å². The number of nitrogens with zero attached hydrogens (tertiary/aromatic N) is 1. The van der Waals surface area contributed by atoms with Crippen molar-refractivity contribution in [3.8, 4) is 17.2 Å². The van der Waals surface area contributed by atoms with Crippen molar-refractivity contribution in [3.05, 3.63) is 51.0 Å². The first-order valence-corrected chi connectivity index (χ1v) is 9.96. The summed E-state index contributed by atoms with van der Waals surface area (Å²) in [7, 11) is 4.31. The van der Waals surface area contributed by atoms with Crippen molar-refractivity contribution < 1.29 is 32.9 Å². The van der Waals surface area contributed by atoms with E-state index in [4.69, 9.17) is 36.3 Å². The lowest BCUT2D eigenvalue weighted by molar-refractivity contribution is -0.118. The lowest BCUT2D eigenvalue weighted by Crippen LogP contribution is -2.51. The molecule has 2 aliphatic rings. The van der Waals surface area contributed by atoms with E-state index >= 15 is 0 Å². The number of Topliss-reactive ketones (excluding diaryl/α,β-unsaturated/α-hetero) is 1. The second-order valence-electron chi connectivity index (χ2n) is 7.20. The fraction of sp³-hybridized carbons (Fsp3) is 0.333. The molecule has 0 fully saturated rings. The Hall–Kier alpha value is -3.60. The number of methoxy groups -OCH3 is 3. The molecule has 2 atom stereocenters. The molecule has 0 amide bonds. The molecule has 2 heterocycles. The predicted molar refractivity (Wildman–Crippen MR) is 115 cm³/mol. The largest absolute Gasteiger partial charge is 0.496 e. The Labute approximate surface area is 192 Å². The number of ether oxygens (including phenoxy) is 4. The van der Waals surface area contributed by atoms with Gasteiger partial charge in [0.2, 0.25) is 11.4 Å².